The van der Waals surface area contributed by atoms with E-state index in [0.717, 1.165) is 31.4 Å². The molecule has 2 unspecified atom stereocenters. The van der Waals surface area contributed by atoms with Crippen molar-refractivity contribution in [1.82, 2.24) is 4.72 Å². The largest absolute Gasteiger partial charge is 0.396 e. The van der Waals surface area contributed by atoms with Crippen LogP contribution in [0.25, 0.3) is 0 Å². The van der Waals surface area contributed by atoms with E-state index in [9.17, 15) is 17.9 Å². The SMILES string of the molecule is Nc1cc(S(=O)(=O)NCC2CCCC2CO)c(Br)cc1F. The molecule has 0 amide bonds. The van der Waals surface area contributed by atoms with E-state index in [4.69, 9.17) is 5.73 Å². The average molecular weight is 381 g/mol. The second-order valence-corrected chi connectivity index (χ2v) is 7.88. The van der Waals surface area contributed by atoms with Crippen LogP contribution in [0.2, 0.25) is 0 Å². The molecule has 8 heteroatoms. The molecule has 5 nitrogen and oxygen atoms in total. The highest BCUT2D eigenvalue weighted by Crippen LogP contribution is 2.31. The van der Waals surface area contributed by atoms with Gasteiger partial charge in [-0.05, 0) is 52.7 Å². The third kappa shape index (κ3) is 3.74. The predicted molar refractivity (Wildman–Crippen MR) is 81.6 cm³/mol. The number of nitrogen functional groups attached to an aromatic ring is 1. The zero-order valence-corrected chi connectivity index (χ0v) is 13.8. The molecule has 118 valence electrons. The van der Waals surface area contributed by atoms with E-state index in [-0.39, 0.29) is 40.0 Å². The average Bonchev–Trinajstić information content (AvgIpc) is 2.88. The fourth-order valence-electron chi connectivity index (χ4n) is 2.67. The van der Waals surface area contributed by atoms with Gasteiger partial charge in [0.15, 0.2) is 0 Å². The van der Waals surface area contributed by atoms with E-state index in [1.54, 1.807) is 0 Å². The lowest BCUT2D eigenvalue weighted by Gasteiger charge is -2.18. The first-order chi connectivity index (χ1) is 9.85. The van der Waals surface area contributed by atoms with Gasteiger partial charge < -0.3 is 10.8 Å². The van der Waals surface area contributed by atoms with Crippen LogP contribution in [-0.2, 0) is 10.0 Å². The molecule has 0 radical (unpaired) electrons. The molecule has 4 N–H and O–H groups in total. The molecular formula is C13H18BrFN2O3S. The Hall–Kier alpha value is -0.700. The summed E-state index contributed by atoms with van der Waals surface area (Å²) >= 11 is 3.04. The molecule has 21 heavy (non-hydrogen) atoms. The van der Waals surface area contributed by atoms with Crippen LogP contribution in [0.15, 0.2) is 21.5 Å². The number of aliphatic hydroxyl groups excluding tert-OH is 1. The minimum atomic E-state index is -3.77. The Labute approximate surface area is 131 Å². The van der Waals surface area contributed by atoms with Crippen LogP contribution in [-0.4, -0.2) is 26.7 Å². The van der Waals surface area contributed by atoms with Crippen LogP contribution < -0.4 is 10.5 Å². The van der Waals surface area contributed by atoms with Crippen molar-refractivity contribution < 1.29 is 17.9 Å². The smallest absolute Gasteiger partial charge is 0.241 e. The molecule has 0 aliphatic heterocycles. The quantitative estimate of drug-likeness (QED) is 0.679. The summed E-state index contributed by atoms with van der Waals surface area (Å²) in [6.07, 6.45) is 2.79. The minimum absolute atomic E-state index is 0.0690. The second-order valence-electron chi connectivity index (χ2n) is 5.29. The van der Waals surface area contributed by atoms with Gasteiger partial charge >= 0.3 is 0 Å². The summed E-state index contributed by atoms with van der Waals surface area (Å²) in [5.74, 6) is -0.410. The fourth-order valence-corrected chi connectivity index (χ4v) is 4.81. The lowest BCUT2D eigenvalue weighted by atomic mass is 9.97. The van der Waals surface area contributed by atoms with Crippen molar-refractivity contribution in [3.8, 4) is 0 Å². The first-order valence-corrected chi connectivity index (χ1v) is 8.98. The fraction of sp³-hybridized carbons (Fsp3) is 0.538. The Morgan fingerprint density at radius 1 is 1.38 bits per heavy atom. The van der Waals surface area contributed by atoms with E-state index >= 15 is 0 Å². The molecule has 0 bridgehead atoms. The zero-order chi connectivity index (χ0) is 15.6. The number of nitrogens with one attached hydrogen (secondary N) is 1. The van der Waals surface area contributed by atoms with E-state index in [0.29, 0.717) is 0 Å². The highest BCUT2D eigenvalue weighted by atomic mass is 79.9. The van der Waals surface area contributed by atoms with Crippen LogP contribution in [0.3, 0.4) is 0 Å². The van der Waals surface area contributed by atoms with Gasteiger partial charge in [0.2, 0.25) is 10.0 Å². The lowest BCUT2D eigenvalue weighted by Crippen LogP contribution is -2.32. The maximum absolute atomic E-state index is 13.3. The predicted octanol–water partition coefficient (Wildman–Crippen LogP) is 1.86. The molecule has 1 aliphatic rings. The van der Waals surface area contributed by atoms with Gasteiger partial charge in [0, 0.05) is 17.6 Å². The van der Waals surface area contributed by atoms with E-state index in [1.807, 2.05) is 0 Å². The monoisotopic (exact) mass is 380 g/mol. The number of halogens is 2. The molecular weight excluding hydrogens is 363 g/mol. The number of anilines is 1. The van der Waals surface area contributed by atoms with Gasteiger partial charge in [-0.3, -0.25) is 0 Å². The highest BCUT2D eigenvalue weighted by Gasteiger charge is 2.28. The van der Waals surface area contributed by atoms with E-state index < -0.39 is 15.8 Å². The van der Waals surface area contributed by atoms with Crippen molar-refractivity contribution in [2.75, 3.05) is 18.9 Å². The second kappa shape index (κ2) is 6.60. The molecule has 1 aromatic carbocycles. The maximum atomic E-state index is 13.3. The first kappa shape index (κ1) is 16.7. The van der Waals surface area contributed by atoms with Gasteiger partial charge in [-0.25, -0.2) is 17.5 Å². The number of nitrogens with two attached hydrogens (primary N) is 1. The van der Waals surface area contributed by atoms with E-state index in [1.165, 1.54) is 0 Å². The number of hydrogen-bond donors (Lipinski definition) is 3. The molecule has 2 rings (SSSR count). The van der Waals surface area contributed by atoms with Crippen molar-refractivity contribution >= 4 is 31.6 Å². The summed E-state index contributed by atoms with van der Waals surface area (Å²) in [7, 11) is -3.77. The van der Waals surface area contributed by atoms with Crippen LogP contribution >= 0.6 is 15.9 Å². The van der Waals surface area contributed by atoms with Crippen LogP contribution in [0.5, 0.6) is 0 Å². The molecule has 1 aromatic rings. The van der Waals surface area contributed by atoms with Crippen LogP contribution in [0, 0.1) is 17.7 Å². The number of rotatable bonds is 5. The van der Waals surface area contributed by atoms with Gasteiger partial charge in [-0.1, -0.05) is 6.42 Å². The Bertz CT molecular complexity index is 624. The number of aliphatic hydroxyl groups is 1. The van der Waals surface area contributed by atoms with Gasteiger partial charge in [-0.15, -0.1) is 0 Å². The zero-order valence-electron chi connectivity index (χ0n) is 11.4. The number of hydrogen-bond acceptors (Lipinski definition) is 4. The van der Waals surface area contributed by atoms with Gasteiger partial charge in [0.1, 0.15) is 5.82 Å². The highest BCUT2D eigenvalue weighted by molar-refractivity contribution is 9.10. The number of sulfonamides is 1. The minimum Gasteiger partial charge on any atom is -0.396 e. The molecule has 0 aromatic heterocycles. The van der Waals surface area contributed by atoms with Crippen molar-refractivity contribution in [2.45, 2.75) is 24.2 Å². The van der Waals surface area contributed by atoms with Crippen molar-refractivity contribution in [1.29, 1.82) is 0 Å². The number of benzene rings is 1. The van der Waals surface area contributed by atoms with Crippen molar-refractivity contribution in [3.63, 3.8) is 0 Å². The Balaban J connectivity index is 2.14. The van der Waals surface area contributed by atoms with Crippen LogP contribution in [0.4, 0.5) is 10.1 Å². The van der Waals surface area contributed by atoms with Crippen molar-refractivity contribution in [2.24, 2.45) is 11.8 Å². The Morgan fingerprint density at radius 3 is 2.71 bits per heavy atom. The Kier molecular flexibility index (Phi) is 5.24. The van der Waals surface area contributed by atoms with Crippen molar-refractivity contribution in [3.05, 3.63) is 22.4 Å². The summed E-state index contributed by atoms with van der Waals surface area (Å²) in [5.41, 5.74) is 5.21. The van der Waals surface area contributed by atoms with Gasteiger partial charge in [0.25, 0.3) is 0 Å². The molecule has 0 heterocycles. The summed E-state index contributed by atoms with van der Waals surface area (Å²) in [4.78, 5) is -0.0834. The topological polar surface area (TPSA) is 92.4 Å². The normalized spacial score (nSPS) is 22.6. The van der Waals surface area contributed by atoms with Crippen LogP contribution in [0.1, 0.15) is 19.3 Å². The lowest BCUT2D eigenvalue weighted by molar-refractivity contribution is 0.195. The summed E-state index contributed by atoms with van der Waals surface area (Å²) < 4.78 is 40.5. The molecule has 0 spiro atoms. The van der Waals surface area contributed by atoms with E-state index in [2.05, 4.69) is 20.7 Å². The maximum Gasteiger partial charge on any atom is 0.241 e. The standard InChI is InChI=1S/C13H18BrFN2O3S/c14-10-4-11(15)12(16)5-13(10)21(19,20)17-6-8-2-1-3-9(8)7-18/h4-5,8-9,17-18H,1-3,6-7,16H2. The molecule has 0 saturated heterocycles. The summed E-state index contributed by atoms with van der Waals surface area (Å²) in [5, 5.41) is 9.25. The third-order valence-corrected chi connectivity index (χ3v) is 6.31. The summed E-state index contributed by atoms with van der Waals surface area (Å²) in [6, 6.07) is 2.13. The van der Waals surface area contributed by atoms with Gasteiger partial charge in [-0.2, -0.15) is 0 Å². The molecule has 2 atom stereocenters. The van der Waals surface area contributed by atoms with Gasteiger partial charge in [0.05, 0.1) is 10.6 Å². The summed E-state index contributed by atoms with van der Waals surface area (Å²) in [6.45, 7) is 0.330. The molecule has 1 aliphatic carbocycles. The molecule has 1 fully saturated rings. The Morgan fingerprint density at radius 2 is 2.05 bits per heavy atom. The first-order valence-electron chi connectivity index (χ1n) is 6.70. The third-order valence-electron chi connectivity index (χ3n) is 3.93. The molecule has 1 saturated carbocycles.